The lowest BCUT2D eigenvalue weighted by Gasteiger charge is -2.66. The predicted octanol–water partition coefficient (Wildman–Crippen LogP) is 2.31. The molecule has 0 radical (unpaired) electrons. The van der Waals surface area contributed by atoms with E-state index in [0.29, 0.717) is 6.29 Å². The van der Waals surface area contributed by atoms with E-state index in [1.807, 2.05) is 13.8 Å². The molecule has 0 heterocycles. The Balaban J connectivity index is 1.71. The van der Waals surface area contributed by atoms with Gasteiger partial charge in [-0.05, 0) is 36.8 Å². The molecular weight excluding hydrogens is 452 g/mol. The molecule has 0 amide bonds. The van der Waals surface area contributed by atoms with E-state index in [0.717, 1.165) is 0 Å². The predicted molar refractivity (Wildman–Crippen MR) is 118 cm³/mol. The second kappa shape index (κ2) is 7.18. The van der Waals surface area contributed by atoms with Crippen LogP contribution in [0.3, 0.4) is 0 Å². The van der Waals surface area contributed by atoms with Gasteiger partial charge in [-0.2, -0.15) is 0 Å². The molecule has 2 saturated carbocycles. The van der Waals surface area contributed by atoms with Crippen LogP contribution in [0.2, 0.25) is 5.02 Å². The molecule has 180 valence electrons. The van der Waals surface area contributed by atoms with E-state index in [1.54, 1.807) is 6.92 Å². The van der Waals surface area contributed by atoms with E-state index in [2.05, 4.69) is 0 Å². The van der Waals surface area contributed by atoms with Gasteiger partial charge >= 0.3 is 5.97 Å². The average Bonchev–Trinajstić information content (AvgIpc) is 2.91. The molecule has 1 aromatic rings. The monoisotopic (exact) mass is 480 g/mol. The molecule has 4 N–H and O–H groups in total. The first-order valence-electron chi connectivity index (χ1n) is 10.8. The molecule has 4 rings (SSSR count). The summed E-state index contributed by atoms with van der Waals surface area (Å²) in [7, 11) is 1.37. The molecule has 33 heavy (non-hydrogen) atoms. The zero-order valence-corrected chi connectivity index (χ0v) is 19.9. The highest BCUT2D eigenvalue weighted by Gasteiger charge is 2.77. The molecule has 6 atom stereocenters. The van der Waals surface area contributed by atoms with Crippen molar-refractivity contribution in [2.24, 2.45) is 16.7 Å². The lowest BCUT2D eigenvalue weighted by atomic mass is 9.43. The normalized spacial score (nSPS) is 38.5. The number of carbonyl (C=O) groups excluding carboxylic acids is 2. The van der Waals surface area contributed by atoms with Gasteiger partial charge in [0.15, 0.2) is 0 Å². The third-order valence-electron chi connectivity index (χ3n) is 8.12. The van der Waals surface area contributed by atoms with E-state index in [1.165, 1.54) is 26.2 Å². The molecule has 0 aromatic heterocycles. The van der Waals surface area contributed by atoms with Crippen LogP contribution in [0.25, 0.3) is 0 Å². The summed E-state index contributed by atoms with van der Waals surface area (Å²) in [5.74, 6) is -1.90. The Hall–Kier alpha value is -2.13. The van der Waals surface area contributed by atoms with Crippen molar-refractivity contribution in [3.8, 4) is 11.5 Å². The standard InChI is InChI=1S/C24H29ClO8/c1-11-16(13(27)6-14(32-5)17(11)25)20(29)33-15-8-22(4)18-19(28)21(2,3)10-23(18,30)7-12(9-26)24(15,22)31/h6-7,9,15,18-19,27-28,30-31H,8,10H2,1-5H3/t15-,18-,19-,22-,23-,24+/m1/s1. The molecule has 8 nitrogen and oxygen atoms in total. The minimum atomic E-state index is -1.91. The number of esters is 1. The summed E-state index contributed by atoms with van der Waals surface area (Å²) in [5, 5.41) is 44.6. The number of aromatic hydroxyl groups is 1. The maximum Gasteiger partial charge on any atom is 0.342 e. The van der Waals surface area contributed by atoms with Crippen molar-refractivity contribution in [1.29, 1.82) is 0 Å². The summed E-state index contributed by atoms with van der Waals surface area (Å²) in [6.07, 6.45) is -0.00604. The van der Waals surface area contributed by atoms with Crippen LogP contribution in [-0.2, 0) is 9.53 Å². The van der Waals surface area contributed by atoms with Crippen LogP contribution in [0.5, 0.6) is 11.5 Å². The zero-order chi connectivity index (χ0) is 24.7. The van der Waals surface area contributed by atoms with E-state index < -0.39 is 51.9 Å². The largest absolute Gasteiger partial charge is 0.507 e. The lowest BCUT2D eigenvalue weighted by molar-refractivity contribution is -0.272. The lowest BCUT2D eigenvalue weighted by Crippen LogP contribution is -2.76. The average molecular weight is 481 g/mol. The van der Waals surface area contributed by atoms with Crippen LogP contribution in [0.15, 0.2) is 17.7 Å². The van der Waals surface area contributed by atoms with Gasteiger partial charge in [0.1, 0.15) is 35.1 Å². The fraction of sp³-hybridized carbons (Fsp3) is 0.583. The van der Waals surface area contributed by atoms with Crippen molar-refractivity contribution in [1.82, 2.24) is 0 Å². The van der Waals surface area contributed by atoms with Crippen molar-refractivity contribution < 1.29 is 39.5 Å². The highest BCUT2D eigenvalue weighted by Crippen LogP contribution is 2.69. The Morgan fingerprint density at radius 1 is 1.27 bits per heavy atom. The van der Waals surface area contributed by atoms with Crippen LogP contribution in [0.4, 0.5) is 0 Å². The number of aliphatic hydroxyl groups is 3. The number of fused-ring (bicyclic) bond motifs is 3. The number of ether oxygens (including phenoxy) is 2. The summed E-state index contributed by atoms with van der Waals surface area (Å²) in [5.41, 5.74) is -5.20. The third-order valence-corrected chi connectivity index (χ3v) is 8.59. The smallest absolute Gasteiger partial charge is 0.342 e. The molecule has 3 aliphatic rings. The molecule has 0 saturated heterocycles. The number of phenols is 1. The topological polar surface area (TPSA) is 134 Å². The zero-order valence-electron chi connectivity index (χ0n) is 19.2. The summed E-state index contributed by atoms with van der Waals surface area (Å²) in [6, 6.07) is 1.19. The second-order valence-electron chi connectivity index (χ2n) is 10.5. The molecule has 1 aromatic carbocycles. The van der Waals surface area contributed by atoms with Crippen LogP contribution in [-0.4, -0.2) is 63.2 Å². The fourth-order valence-corrected chi connectivity index (χ4v) is 6.71. The van der Waals surface area contributed by atoms with E-state index >= 15 is 0 Å². The highest BCUT2D eigenvalue weighted by atomic mass is 35.5. The van der Waals surface area contributed by atoms with E-state index in [9.17, 15) is 30.0 Å². The number of benzene rings is 1. The van der Waals surface area contributed by atoms with Gasteiger partial charge in [-0.15, -0.1) is 0 Å². The number of hydrogen-bond donors (Lipinski definition) is 4. The Morgan fingerprint density at radius 2 is 1.91 bits per heavy atom. The summed E-state index contributed by atoms with van der Waals surface area (Å²) in [6.45, 7) is 6.84. The van der Waals surface area contributed by atoms with Crippen molar-refractivity contribution in [3.05, 3.63) is 33.9 Å². The van der Waals surface area contributed by atoms with Crippen molar-refractivity contribution >= 4 is 23.9 Å². The van der Waals surface area contributed by atoms with Gasteiger partial charge in [-0.25, -0.2) is 4.79 Å². The van der Waals surface area contributed by atoms with Crippen LogP contribution in [0.1, 0.15) is 49.5 Å². The third kappa shape index (κ3) is 2.94. The number of rotatable bonds is 4. The SMILES string of the molecule is COc1cc(O)c(C(=O)O[C@@H]2C[C@]3(C)[C@H]4[C@@H](O)C(C)(C)C[C@]4(O)C=C(C=O)[C@]23O)c(C)c1Cl. The molecule has 9 heteroatoms. The maximum atomic E-state index is 13.0. The molecule has 0 spiro atoms. The minimum Gasteiger partial charge on any atom is -0.507 e. The summed E-state index contributed by atoms with van der Waals surface area (Å²) < 4.78 is 10.7. The first kappa shape index (κ1) is 24.0. The molecular formula is C24H29ClO8. The van der Waals surface area contributed by atoms with Gasteiger partial charge in [0.25, 0.3) is 0 Å². The first-order chi connectivity index (χ1) is 15.2. The quantitative estimate of drug-likeness (QED) is 0.381. The van der Waals surface area contributed by atoms with Crippen LogP contribution >= 0.6 is 11.6 Å². The van der Waals surface area contributed by atoms with E-state index in [-0.39, 0.29) is 40.3 Å². The highest BCUT2D eigenvalue weighted by molar-refractivity contribution is 6.33. The minimum absolute atomic E-state index is 0.0913. The van der Waals surface area contributed by atoms with Gasteiger partial charge in [-0.3, -0.25) is 4.79 Å². The molecule has 2 fully saturated rings. The van der Waals surface area contributed by atoms with Gasteiger partial charge in [0.2, 0.25) is 0 Å². The van der Waals surface area contributed by atoms with Crippen molar-refractivity contribution in [2.45, 2.75) is 63.9 Å². The Labute approximate surface area is 196 Å². The Morgan fingerprint density at radius 3 is 2.48 bits per heavy atom. The number of phenolic OH excluding ortho intramolecular Hbond substituents is 1. The first-order valence-corrected chi connectivity index (χ1v) is 11.1. The van der Waals surface area contributed by atoms with Gasteiger partial charge in [-0.1, -0.05) is 32.4 Å². The molecule has 0 aliphatic heterocycles. The summed E-state index contributed by atoms with van der Waals surface area (Å²) in [4.78, 5) is 25.0. The Bertz CT molecular complexity index is 1080. The number of aliphatic hydroxyl groups excluding tert-OH is 1. The van der Waals surface area contributed by atoms with E-state index in [4.69, 9.17) is 21.1 Å². The van der Waals surface area contributed by atoms with Gasteiger partial charge in [0, 0.05) is 23.0 Å². The van der Waals surface area contributed by atoms with Gasteiger partial charge < -0.3 is 29.9 Å². The van der Waals surface area contributed by atoms with Crippen LogP contribution in [0, 0.1) is 23.7 Å². The number of methoxy groups -OCH3 is 1. The van der Waals surface area contributed by atoms with Crippen molar-refractivity contribution in [2.75, 3.05) is 7.11 Å². The maximum absolute atomic E-state index is 13.0. The van der Waals surface area contributed by atoms with Gasteiger partial charge in [0.05, 0.1) is 23.8 Å². The molecule has 3 aliphatic carbocycles. The number of halogens is 1. The number of carbonyl (C=O) groups is 2. The molecule has 0 unspecified atom stereocenters. The van der Waals surface area contributed by atoms with Crippen molar-refractivity contribution in [3.63, 3.8) is 0 Å². The fourth-order valence-electron chi connectivity index (χ4n) is 6.49. The Kier molecular flexibility index (Phi) is 5.23. The van der Waals surface area contributed by atoms with Crippen LogP contribution < -0.4 is 4.74 Å². The summed E-state index contributed by atoms with van der Waals surface area (Å²) >= 11 is 6.22. The molecule has 0 bridgehead atoms. The number of hydrogen-bond acceptors (Lipinski definition) is 8. The second-order valence-corrected chi connectivity index (χ2v) is 10.9. The number of aldehydes is 1.